The van der Waals surface area contributed by atoms with Crippen molar-refractivity contribution in [3.05, 3.63) is 78.4 Å². The molecule has 0 fully saturated rings. The summed E-state index contributed by atoms with van der Waals surface area (Å²) in [5.41, 5.74) is 2.09. The molecule has 0 radical (unpaired) electrons. The molecule has 0 heterocycles. The minimum absolute atomic E-state index is 0.271. The highest BCUT2D eigenvalue weighted by Crippen LogP contribution is 2.12. The van der Waals surface area contributed by atoms with Crippen LogP contribution in [0, 0.1) is 6.92 Å². The predicted octanol–water partition coefficient (Wildman–Crippen LogP) is 3.07. The summed E-state index contributed by atoms with van der Waals surface area (Å²) in [6, 6.07) is 16.2. The molecule has 2 rings (SSSR count). The summed E-state index contributed by atoms with van der Waals surface area (Å²) in [5.74, 6) is 0. The van der Waals surface area contributed by atoms with Crippen LogP contribution in [0.4, 0.5) is 0 Å². The molecule has 0 saturated heterocycles. The molecule has 0 aliphatic rings. The van der Waals surface area contributed by atoms with Gasteiger partial charge in [0.05, 0.1) is 4.90 Å². The Morgan fingerprint density at radius 1 is 1.10 bits per heavy atom. The Kier molecular flexibility index (Phi) is 4.94. The number of benzene rings is 2. The standard InChI is InChI=1S/C17H19NO2S/c1-3-16(13-15-7-5-4-6-8-15)18-21(19,20)17-11-9-14(2)10-12-17/h3-12,16,18H,1,13H2,2H3/t16-/m1/s1. The molecule has 0 saturated carbocycles. The van der Waals surface area contributed by atoms with E-state index in [0.29, 0.717) is 6.42 Å². The minimum Gasteiger partial charge on any atom is -0.207 e. The Bertz CT molecular complexity index is 691. The van der Waals surface area contributed by atoms with Crippen molar-refractivity contribution >= 4 is 10.0 Å². The molecular weight excluding hydrogens is 282 g/mol. The zero-order valence-corrected chi connectivity index (χ0v) is 12.8. The summed E-state index contributed by atoms with van der Waals surface area (Å²) in [6.07, 6.45) is 2.20. The normalized spacial score (nSPS) is 12.8. The van der Waals surface area contributed by atoms with E-state index in [2.05, 4.69) is 11.3 Å². The highest BCUT2D eigenvalue weighted by Gasteiger charge is 2.18. The van der Waals surface area contributed by atoms with E-state index in [9.17, 15) is 8.42 Å². The maximum absolute atomic E-state index is 12.3. The van der Waals surface area contributed by atoms with Crippen molar-refractivity contribution in [2.45, 2.75) is 24.3 Å². The summed E-state index contributed by atoms with van der Waals surface area (Å²) in [4.78, 5) is 0.271. The largest absolute Gasteiger partial charge is 0.241 e. The Morgan fingerprint density at radius 3 is 2.29 bits per heavy atom. The van der Waals surface area contributed by atoms with Gasteiger partial charge in [0.15, 0.2) is 0 Å². The third-order valence-corrected chi connectivity index (χ3v) is 4.73. The van der Waals surface area contributed by atoms with E-state index in [-0.39, 0.29) is 10.9 Å². The lowest BCUT2D eigenvalue weighted by molar-refractivity contribution is 0.570. The average Bonchev–Trinajstić information content (AvgIpc) is 2.48. The zero-order valence-electron chi connectivity index (χ0n) is 12.0. The molecule has 3 nitrogen and oxygen atoms in total. The third kappa shape index (κ3) is 4.28. The van der Waals surface area contributed by atoms with Gasteiger partial charge in [-0.05, 0) is 31.0 Å². The predicted molar refractivity (Wildman–Crippen MR) is 85.6 cm³/mol. The lowest BCUT2D eigenvalue weighted by Crippen LogP contribution is -2.34. The van der Waals surface area contributed by atoms with Crippen molar-refractivity contribution in [1.29, 1.82) is 0 Å². The third-order valence-electron chi connectivity index (χ3n) is 3.22. The van der Waals surface area contributed by atoms with Crippen LogP contribution in [0.3, 0.4) is 0 Å². The van der Waals surface area contributed by atoms with Crippen LogP contribution in [-0.4, -0.2) is 14.5 Å². The van der Waals surface area contributed by atoms with E-state index in [1.807, 2.05) is 37.3 Å². The SMILES string of the molecule is C=C[C@H](Cc1ccccc1)NS(=O)(=O)c1ccc(C)cc1. The lowest BCUT2D eigenvalue weighted by Gasteiger charge is -2.15. The molecular formula is C17H19NO2S. The van der Waals surface area contributed by atoms with Crippen LogP contribution < -0.4 is 4.72 Å². The highest BCUT2D eigenvalue weighted by molar-refractivity contribution is 7.89. The molecule has 0 bridgehead atoms. The molecule has 21 heavy (non-hydrogen) atoms. The highest BCUT2D eigenvalue weighted by atomic mass is 32.2. The first-order valence-corrected chi connectivity index (χ1v) is 8.25. The Hall–Kier alpha value is -1.91. The van der Waals surface area contributed by atoms with Gasteiger partial charge in [0.25, 0.3) is 0 Å². The second-order valence-electron chi connectivity index (χ2n) is 4.97. The Morgan fingerprint density at radius 2 is 1.71 bits per heavy atom. The van der Waals surface area contributed by atoms with Crippen LogP contribution >= 0.6 is 0 Å². The fourth-order valence-electron chi connectivity index (χ4n) is 2.03. The minimum atomic E-state index is -3.53. The zero-order chi connectivity index (χ0) is 15.3. The van der Waals surface area contributed by atoms with Crippen molar-refractivity contribution < 1.29 is 8.42 Å². The molecule has 2 aromatic carbocycles. The van der Waals surface area contributed by atoms with Gasteiger partial charge >= 0.3 is 0 Å². The number of nitrogens with one attached hydrogen (secondary N) is 1. The molecule has 0 aliphatic carbocycles. The summed E-state index contributed by atoms with van der Waals surface area (Å²) in [6.45, 7) is 5.64. The van der Waals surface area contributed by atoms with Crippen molar-refractivity contribution in [3.8, 4) is 0 Å². The maximum atomic E-state index is 12.3. The van der Waals surface area contributed by atoms with Crippen molar-refractivity contribution in [2.24, 2.45) is 0 Å². The van der Waals surface area contributed by atoms with Gasteiger partial charge in [-0.25, -0.2) is 13.1 Å². The first-order chi connectivity index (χ1) is 10.0. The molecule has 2 aromatic rings. The molecule has 0 spiro atoms. The molecule has 1 atom stereocenters. The Labute approximate surface area is 126 Å². The number of aryl methyl sites for hydroxylation is 1. The van der Waals surface area contributed by atoms with Crippen LogP contribution in [0.1, 0.15) is 11.1 Å². The van der Waals surface area contributed by atoms with Crippen molar-refractivity contribution in [1.82, 2.24) is 4.72 Å². The second kappa shape index (κ2) is 6.70. The fraction of sp³-hybridized carbons (Fsp3) is 0.176. The average molecular weight is 301 g/mol. The van der Waals surface area contributed by atoms with E-state index < -0.39 is 10.0 Å². The lowest BCUT2D eigenvalue weighted by atomic mass is 10.1. The van der Waals surface area contributed by atoms with Gasteiger partial charge < -0.3 is 0 Å². The summed E-state index contributed by atoms with van der Waals surface area (Å²) < 4.78 is 27.4. The number of sulfonamides is 1. The molecule has 0 unspecified atom stereocenters. The monoisotopic (exact) mass is 301 g/mol. The molecule has 0 aliphatic heterocycles. The fourth-order valence-corrected chi connectivity index (χ4v) is 3.23. The van der Waals surface area contributed by atoms with Gasteiger partial charge in [-0.15, -0.1) is 6.58 Å². The van der Waals surface area contributed by atoms with Gasteiger partial charge in [-0.1, -0.05) is 54.1 Å². The first kappa shape index (κ1) is 15.5. The van der Waals surface area contributed by atoms with Crippen LogP contribution in [0.2, 0.25) is 0 Å². The maximum Gasteiger partial charge on any atom is 0.241 e. The van der Waals surface area contributed by atoms with E-state index in [4.69, 9.17) is 0 Å². The molecule has 1 N–H and O–H groups in total. The van der Waals surface area contributed by atoms with Gasteiger partial charge in [0.2, 0.25) is 10.0 Å². The smallest absolute Gasteiger partial charge is 0.207 e. The van der Waals surface area contributed by atoms with Gasteiger partial charge in [0.1, 0.15) is 0 Å². The molecule has 4 heteroatoms. The first-order valence-electron chi connectivity index (χ1n) is 6.77. The van der Waals surface area contributed by atoms with Crippen LogP contribution in [-0.2, 0) is 16.4 Å². The second-order valence-corrected chi connectivity index (χ2v) is 6.68. The van der Waals surface area contributed by atoms with Crippen LogP contribution in [0.15, 0.2) is 72.1 Å². The quantitative estimate of drug-likeness (QED) is 0.834. The van der Waals surface area contributed by atoms with E-state index in [0.717, 1.165) is 11.1 Å². The molecule has 0 aromatic heterocycles. The molecule has 0 amide bonds. The summed E-state index contributed by atoms with van der Waals surface area (Å²) in [7, 11) is -3.53. The van der Waals surface area contributed by atoms with Crippen molar-refractivity contribution in [2.75, 3.05) is 0 Å². The van der Waals surface area contributed by atoms with E-state index in [1.54, 1.807) is 30.3 Å². The summed E-state index contributed by atoms with van der Waals surface area (Å²) >= 11 is 0. The van der Waals surface area contributed by atoms with E-state index in [1.165, 1.54) is 0 Å². The number of hydrogen-bond donors (Lipinski definition) is 1. The Balaban J connectivity index is 2.14. The van der Waals surface area contributed by atoms with Gasteiger partial charge in [-0.2, -0.15) is 0 Å². The number of rotatable bonds is 6. The van der Waals surface area contributed by atoms with Crippen LogP contribution in [0.25, 0.3) is 0 Å². The topological polar surface area (TPSA) is 46.2 Å². The van der Waals surface area contributed by atoms with Crippen molar-refractivity contribution in [3.63, 3.8) is 0 Å². The molecule has 110 valence electrons. The van der Waals surface area contributed by atoms with Gasteiger partial charge in [-0.3, -0.25) is 0 Å². The van der Waals surface area contributed by atoms with Gasteiger partial charge in [0, 0.05) is 6.04 Å². The summed E-state index contributed by atoms with van der Waals surface area (Å²) in [5, 5.41) is 0. The number of hydrogen-bond acceptors (Lipinski definition) is 2. The van der Waals surface area contributed by atoms with Crippen LogP contribution in [0.5, 0.6) is 0 Å². The van der Waals surface area contributed by atoms with E-state index >= 15 is 0 Å².